The molecule has 2 atom stereocenters. The molecule has 0 spiro atoms. The van der Waals surface area contributed by atoms with Gasteiger partial charge in [0.2, 0.25) is 0 Å². The van der Waals surface area contributed by atoms with Crippen LogP contribution in [0.25, 0.3) is 0 Å². The van der Waals surface area contributed by atoms with E-state index in [0.717, 1.165) is 19.5 Å². The Morgan fingerprint density at radius 3 is 2.79 bits per heavy atom. The van der Waals surface area contributed by atoms with Gasteiger partial charge in [-0.25, -0.2) is 0 Å². The van der Waals surface area contributed by atoms with Gasteiger partial charge >= 0.3 is 5.97 Å². The molecule has 1 aliphatic rings. The van der Waals surface area contributed by atoms with Crippen molar-refractivity contribution in [3.8, 4) is 0 Å². The molecule has 2 rings (SSSR count). The van der Waals surface area contributed by atoms with Crippen molar-refractivity contribution in [3.63, 3.8) is 0 Å². The molecule has 19 heavy (non-hydrogen) atoms. The molecule has 2 unspecified atom stereocenters. The number of carboxylic acid groups (broad SMARTS) is 1. The summed E-state index contributed by atoms with van der Waals surface area (Å²) in [5.74, 6) is -0.753. The lowest BCUT2D eigenvalue weighted by Gasteiger charge is -2.27. The highest BCUT2D eigenvalue weighted by Crippen LogP contribution is 2.25. The van der Waals surface area contributed by atoms with E-state index in [1.165, 1.54) is 5.56 Å². The molecule has 104 valence electrons. The summed E-state index contributed by atoms with van der Waals surface area (Å²) in [6.45, 7) is 4.32. The first-order chi connectivity index (χ1) is 9.08. The molecule has 1 N–H and O–H groups in total. The normalized spacial score (nSPS) is 21.7. The summed E-state index contributed by atoms with van der Waals surface area (Å²) in [6, 6.07) is 11.2. The highest BCUT2D eigenvalue weighted by Gasteiger charge is 2.29. The number of nitrogens with zero attached hydrogens (tertiary/aromatic N) is 2. The fourth-order valence-corrected chi connectivity index (χ4v) is 2.76. The molecule has 0 aromatic heterocycles. The van der Waals surface area contributed by atoms with Crippen LogP contribution in [-0.4, -0.2) is 53.6 Å². The van der Waals surface area contributed by atoms with Crippen molar-refractivity contribution in [2.45, 2.75) is 25.4 Å². The van der Waals surface area contributed by atoms with Gasteiger partial charge in [0.25, 0.3) is 0 Å². The lowest BCUT2D eigenvalue weighted by atomic mass is 10.1. The van der Waals surface area contributed by atoms with E-state index in [2.05, 4.69) is 36.1 Å². The number of rotatable bonds is 5. The number of likely N-dealkylation sites (tertiary alicyclic amines) is 1. The molecule has 4 nitrogen and oxygen atoms in total. The number of benzene rings is 1. The van der Waals surface area contributed by atoms with Crippen LogP contribution in [0.5, 0.6) is 0 Å². The SMILES string of the molecule is CC(c1ccccc1)N1CCC(N(C)CC(=O)O)C1. The van der Waals surface area contributed by atoms with E-state index in [1.54, 1.807) is 0 Å². The Balaban J connectivity index is 1.93. The minimum atomic E-state index is -0.753. The largest absolute Gasteiger partial charge is 0.480 e. The maximum absolute atomic E-state index is 10.7. The standard InChI is InChI=1S/C15H22N2O2/c1-12(13-6-4-3-5-7-13)17-9-8-14(10-17)16(2)11-15(18)19/h3-7,12,14H,8-11H2,1-2H3,(H,18,19). The first-order valence-corrected chi connectivity index (χ1v) is 6.79. The molecule has 4 heteroatoms. The second-order valence-electron chi connectivity index (χ2n) is 5.33. The first-order valence-electron chi connectivity index (χ1n) is 6.79. The second-order valence-corrected chi connectivity index (χ2v) is 5.33. The molecular weight excluding hydrogens is 240 g/mol. The van der Waals surface area contributed by atoms with Crippen molar-refractivity contribution in [1.29, 1.82) is 0 Å². The van der Waals surface area contributed by atoms with Crippen LogP contribution >= 0.6 is 0 Å². The number of aliphatic carboxylic acids is 1. The Bertz CT molecular complexity index is 421. The minimum Gasteiger partial charge on any atom is -0.480 e. The number of likely N-dealkylation sites (N-methyl/N-ethyl adjacent to an activating group) is 1. The fourth-order valence-electron chi connectivity index (χ4n) is 2.76. The van der Waals surface area contributed by atoms with Crippen LogP contribution in [0.3, 0.4) is 0 Å². The first kappa shape index (κ1) is 14.0. The molecule has 0 amide bonds. The van der Waals surface area contributed by atoms with Gasteiger partial charge in [-0.15, -0.1) is 0 Å². The van der Waals surface area contributed by atoms with Crippen LogP contribution in [0, 0.1) is 0 Å². The second kappa shape index (κ2) is 6.17. The summed E-state index contributed by atoms with van der Waals surface area (Å²) >= 11 is 0. The molecule has 1 heterocycles. The Morgan fingerprint density at radius 1 is 1.47 bits per heavy atom. The van der Waals surface area contributed by atoms with Crippen molar-refractivity contribution in [1.82, 2.24) is 9.80 Å². The Kier molecular flexibility index (Phi) is 4.56. The number of hydrogen-bond acceptors (Lipinski definition) is 3. The van der Waals surface area contributed by atoms with Crippen molar-refractivity contribution >= 4 is 5.97 Å². The van der Waals surface area contributed by atoms with E-state index in [0.29, 0.717) is 12.1 Å². The van der Waals surface area contributed by atoms with Gasteiger partial charge in [-0.1, -0.05) is 30.3 Å². The van der Waals surface area contributed by atoms with Gasteiger partial charge in [-0.3, -0.25) is 14.6 Å². The van der Waals surface area contributed by atoms with Crippen LogP contribution in [0.4, 0.5) is 0 Å². The van der Waals surface area contributed by atoms with Gasteiger partial charge in [0, 0.05) is 25.2 Å². The van der Waals surface area contributed by atoms with Crippen molar-refractivity contribution in [2.75, 3.05) is 26.7 Å². The minimum absolute atomic E-state index is 0.123. The molecule has 0 saturated carbocycles. The summed E-state index contributed by atoms with van der Waals surface area (Å²) in [5, 5.41) is 8.84. The number of hydrogen-bond donors (Lipinski definition) is 1. The highest BCUT2D eigenvalue weighted by molar-refractivity contribution is 5.69. The third kappa shape index (κ3) is 3.55. The zero-order chi connectivity index (χ0) is 13.8. The van der Waals surface area contributed by atoms with Gasteiger partial charge < -0.3 is 5.11 Å². The number of carbonyl (C=O) groups is 1. The zero-order valence-electron chi connectivity index (χ0n) is 11.6. The summed E-state index contributed by atoms with van der Waals surface area (Å²) in [4.78, 5) is 15.1. The fraction of sp³-hybridized carbons (Fsp3) is 0.533. The lowest BCUT2D eigenvalue weighted by Crippen LogP contribution is -2.38. The van der Waals surface area contributed by atoms with E-state index in [1.807, 2.05) is 18.0 Å². The summed E-state index contributed by atoms with van der Waals surface area (Å²) in [6.07, 6.45) is 1.04. The molecule has 1 saturated heterocycles. The van der Waals surface area contributed by atoms with E-state index < -0.39 is 5.97 Å². The predicted octanol–water partition coefficient (Wildman–Crippen LogP) is 1.84. The monoisotopic (exact) mass is 262 g/mol. The Morgan fingerprint density at radius 2 is 2.16 bits per heavy atom. The summed E-state index contributed by atoms with van der Waals surface area (Å²) < 4.78 is 0. The van der Waals surface area contributed by atoms with Gasteiger partial charge in [0.1, 0.15) is 0 Å². The zero-order valence-corrected chi connectivity index (χ0v) is 11.6. The van der Waals surface area contributed by atoms with Crippen LogP contribution in [0.15, 0.2) is 30.3 Å². The molecular formula is C15H22N2O2. The number of carboxylic acids is 1. The average Bonchev–Trinajstić information content (AvgIpc) is 2.88. The van der Waals surface area contributed by atoms with Gasteiger partial charge in [0.05, 0.1) is 6.54 Å². The molecule has 0 aliphatic carbocycles. The quantitative estimate of drug-likeness (QED) is 0.879. The average molecular weight is 262 g/mol. The molecule has 1 aromatic rings. The topological polar surface area (TPSA) is 43.8 Å². The maximum Gasteiger partial charge on any atom is 0.317 e. The van der Waals surface area contributed by atoms with Gasteiger partial charge in [0.15, 0.2) is 0 Å². The molecule has 0 bridgehead atoms. The Labute approximate surface area is 114 Å². The van der Waals surface area contributed by atoms with Gasteiger partial charge in [-0.05, 0) is 26.0 Å². The van der Waals surface area contributed by atoms with E-state index in [-0.39, 0.29) is 6.54 Å². The third-order valence-electron chi connectivity index (χ3n) is 4.03. The van der Waals surface area contributed by atoms with E-state index >= 15 is 0 Å². The van der Waals surface area contributed by atoms with Crippen molar-refractivity contribution in [2.24, 2.45) is 0 Å². The Hall–Kier alpha value is -1.39. The van der Waals surface area contributed by atoms with E-state index in [9.17, 15) is 4.79 Å². The van der Waals surface area contributed by atoms with Crippen molar-refractivity contribution < 1.29 is 9.90 Å². The van der Waals surface area contributed by atoms with Crippen LogP contribution in [0.1, 0.15) is 24.9 Å². The van der Waals surface area contributed by atoms with Crippen LogP contribution in [0.2, 0.25) is 0 Å². The summed E-state index contributed by atoms with van der Waals surface area (Å²) in [7, 11) is 1.90. The van der Waals surface area contributed by atoms with Crippen LogP contribution < -0.4 is 0 Å². The smallest absolute Gasteiger partial charge is 0.317 e. The summed E-state index contributed by atoms with van der Waals surface area (Å²) in [5.41, 5.74) is 1.32. The molecule has 1 aromatic carbocycles. The van der Waals surface area contributed by atoms with Gasteiger partial charge in [-0.2, -0.15) is 0 Å². The lowest BCUT2D eigenvalue weighted by molar-refractivity contribution is -0.138. The molecule has 1 aliphatic heterocycles. The third-order valence-corrected chi connectivity index (χ3v) is 4.03. The molecule has 0 radical (unpaired) electrons. The highest BCUT2D eigenvalue weighted by atomic mass is 16.4. The predicted molar refractivity (Wildman–Crippen MR) is 75.1 cm³/mol. The van der Waals surface area contributed by atoms with Crippen LogP contribution in [-0.2, 0) is 4.79 Å². The molecule has 1 fully saturated rings. The van der Waals surface area contributed by atoms with E-state index in [4.69, 9.17) is 5.11 Å². The maximum atomic E-state index is 10.7. The van der Waals surface area contributed by atoms with Crippen molar-refractivity contribution in [3.05, 3.63) is 35.9 Å².